The van der Waals surface area contributed by atoms with E-state index in [1.54, 1.807) is 38.1 Å². The van der Waals surface area contributed by atoms with Crippen LogP contribution in [0.15, 0.2) is 48.5 Å². The molecule has 7 heteroatoms. The van der Waals surface area contributed by atoms with Crippen molar-refractivity contribution in [2.75, 3.05) is 25.6 Å². The number of carbonyl (C=O) groups is 1. The van der Waals surface area contributed by atoms with Gasteiger partial charge in [0.1, 0.15) is 0 Å². The first-order valence-corrected chi connectivity index (χ1v) is 10.4. The predicted octanol–water partition coefficient (Wildman–Crippen LogP) is 5.16. The average Bonchev–Trinajstić information content (AvgIpc) is 2.67. The van der Waals surface area contributed by atoms with E-state index in [1.165, 1.54) is 7.11 Å². The molecule has 1 unspecified atom stereocenters. The molecule has 0 bridgehead atoms. The number of nitrogens with one attached hydrogen (secondary N) is 1. The molecule has 6 nitrogen and oxygen atoms in total. The molecule has 27 heavy (non-hydrogen) atoms. The summed E-state index contributed by atoms with van der Waals surface area (Å²) in [5, 5.41) is 3.24. The Balaban J connectivity index is 2.38. The minimum atomic E-state index is -3.47. The fourth-order valence-corrected chi connectivity index (χ4v) is 4.56. The lowest BCUT2D eigenvalue weighted by molar-refractivity contribution is 0.0600. The Morgan fingerprint density at radius 1 is 1.00 bits per heavy atom. The van der Waals surface area contributed by atoms with Gasteiger partial charge >= 0.3 is 13.6 Å². The number of hydrogen-bond acceptors (Lipinski definition) is 6. The SMILES string of the molecule is CCOP(=O)(OCC)C(Nc1ccc(C(=O)OC)cc1)c1ccc(C)cc1. The molecular formula is C20H26NO5P. The molecule has 2 aromatic carbocycles. The van der Waals surface area contributed by atoms with Crippen LogP contribution in [0.25, 0.3) is 0 Å². The number of esters is 1. The normalized spacial score (nSPS) is 12.4. The van der Waals surface area contributed by atoms with E-state index < -0.39 is 19.3 Å². The Morgan fingerprint density at radius 2 is 1.56 bits per heavy atom. The number of rotatable bonds is 9. The summed E-state index contributed by atoms with van der Waals surface area (Å²) in [4.78, 5) is 11.6. The molecule has 0 heterocycles. The van der Waals surface area contributed by atoms with Crippen molar-refractivity contribution in [2.45, 2.75) is 26.6 Å². The van der Waals surface area contributed by atoms with Crippen molar-refractivity contribution in [2.24, 2.45) is 0 Å². The van der Waals surface area contributed by atoms with E-state index in [4.69, 9.17) is 13.8 Å². The zero-order valence-corrected chi connectivity index (χ0v) is 17.0. The maximum Gasteiger partial charge on any atom is 0.357 e. The highest BCUT2D eigenvalue weighted by molar-refractivity contribution is 7.54. The molecule has 0 aliphatic rings. The molecule has 0 aromatic heterocycles. The van der Waals surface area contributed by atoms with E-state index in [1.807, 2.05) is 31.2 Å². The van der Waals surface area contributed by atoms with Gasteiger partial charge in [-0.25, -0.2) is 4.79 Å². The van der Waals surface area contributed by atoms with E-state index in [0.717, 1.165) is 11.1 Å². The van der Waals surface area contributed by atoms with Crippen LogP contribution in [0, 0.1) is 6.92 Å². The van der Waals surface area contributed by atoms with Crippen LogP contribution in [0.3, 0.4) is 0 Å². The maximum absolute atomic E-state index is 13.4. The van der Waals surface area contributed by atoms with Crippen molar-refractivity contribution in [3.63, 3.8) is 0 Å². The van der Waals surface area contributed by atoms with E-state index in [-0.39, 0.29) is 13.2 Å². The lowest BCUT2D eigenvalue weighted by atomic mass is 10.1. The summed E-state index contributed by atoms with van der Waals surface area (Å²) in [6.07, 6.45) is 0. The van der Waals surface area contributed by atoms with Crippen LogP contribution in [-0.2, 0) is 18.3 Å². The molecule has 1 atom stereocenters. The van der Waals surface area contributed by atoms with Gasteiger partial charge in [0.15, 0.2) is 5.78 Å². The first kappa shape index (κ1) is 21.2. The molecule has 2 rings (SSSR count). The Morgan fingerprint density at radius 3 is 2.04 bits per heavy atom. The molecular weight excluding hydrogens is 365 g/mol. The smallest absolute Gasteiger partial charge is 0.357 e. The van der Waals surface area contributed by atoms with Crippen LogP contribution in [0.1, 0.15) is 41.1 Å². The van der Waals surface area contributed by atoms with Crippen LogP contribution in [0.4, 0.5) is 5.69 Å². The molecule has 0 saturated carbocycles. The molecule has 0 radical (unpaired) electrons. The van der Waals surface area contributed by atoms with Crippen molar-refractivity contribution in [1.82, 2.24) is 0 Å². The quantitative estimate of drug-likeness (QED) is 0.470. The topological polar surface area (TPSA) is 73.9 Å². The monoisotopic (exact) mass is 391 g/mol. The van der Waals surface area contributed by atoms with Gasteiger partial charge < -0.3 is 19.1 Å². The second-order valence-electron chi connectivity index (χ2n) is 5.90. The molecule has 0 fully saturated rings. The van der Waals surface area contributed by atoms with Crippen molar-refractivity contribution in [1.29, 1.82) is 0 Å². The number of ether oxygens (including phenoxy) is 1. The van der Waals surface area contributed by atoms with Gasteiger partial charge in [0.25, 0.3) is 0 Å². The number of methoxy groups -OCH3 is 1. The zero-order valence-electron chi connectivity index (χ0n) is 16.1. The lowest BCUT2D eigenvalue weighted by Crippen LogP contribution is -2.15. The van der Waals surface area contributed by atoms with Gasteiger partial charge in [-0.15, -0.1) is 0 Å². The van der Waals surface area contributed by atoms with Crippen LogP contribution in [-0.4, -0.2) is 26.3 Å². The van der Waals surface area contributed by atoms with Crippen LogP contribution in [0.5, 0.6) is 0 Å². The summed E-state index contributed by atoms with van der Waals surface area (Å²) >= 11 is 0. The summed E-state index contributed by atoms with van der Waals surface area (Å²) in [6.45, 7) is 6.08. The Labute approximate surface area is 160 Å². The van der Waals surface area contributed by atoms with Crippen molar-refractivity contribution in [3.05, 3.63) is 65.2 Å². The van der Waals surface area contributed by atoms with E-state index in [9.17, 15) is 9.36 Å². The van der Waals surface area contributed by atoms with Crippen LogP contribution >= 0.6 is 7.60 Å². The van der Waals surface area contributed by atoms with Gasteiger partial charge in [-0.3, -0.25) is 4.57 Å². The van der Waals surface area contributed by atoms with Gasteiger partial charge in [0, 0.05) is 5.69 Å². The number of anilines is 1. The Hall–Kier alpha value is -2.14. The first-order valence-electron chi connectivity index (χ1n) is 8.83. The summed E-state index contributed by atoms with van der Waals surface area (Å²) < 4.78 is 29.3. The molecule has 0 amide bonds. The minimum Gasteiger partial charge on any atom is -0.465 e. The van der Waals surface area contributed by atoms with Gasteiger partial charge in [0.2, 0.25) is 0 Å². The van der Waals surface area contributed by atoms with Crippen molar-refractivity contribution >= 4 is 19.3 Å². The molecule has 0 saturated heterocycles. The highest BCUT2D eigenvalue weighted by atomic mass is 31.2. The highest BCUT2D eigenvalue weighted by Gasteiger charge is 2.37. The molecule has 1 N–H and O–H groups in total. The van der Waals surface area contributed by atoms with Crippen molar-refractivity contribution in [3.8, 4) is 0 Å². The number of benzene rings is 2. The predicted molar refractivity (Wildman–Crippen MR) is 106 cm³/mol. The zero-order chi connectivity index (χ0) is 19.9. The van der Waals surface area contributed by atoms with Gasteiger partial charge in [-0.2, -0.15) is 0 Å². The number of carbonyl (C=O) groups excluding carboxylic acids is 1. The van der Waals surface area contributed by atoms with Gasteiger partial charge in [0.05, 0.1) is 25.9 Å². The Kier molecular flexibility index (Phi) is 7.60. The summed E-state index contributed by atoms with van der Waals surface area (Å²) in [7, 11) is -2.14. The van der Waals surface area contributed by atoms with Crippen LogP contribution < -0.4 is 5.32 Å². The second-order valence-corrected chi connectivity index (χ2v) is 8.01. The molecule has 0 spiro atoms. The third-order valence-electron chi connectivity index (χ3n) is 3.94. The van der Waals surface area contributed by atoms with E-state index >= 15 is 0 Å². The van der Waals surface area contributed by atoms with Gasteiger partial charge in [-0.1, -0.05) is 29.8 Å². The minimum absolute atomic E-state index is 0.266. The van der Waals surface area contributed by atoms with E-state index in [0.29, 0.717) is 11.3 Å². The number of aryl methyl sites for hydroxylation is 1. The summed E-state index contributed by atoms with van der Waals surface area (Å²) in [5.74, 6) is -1.09. The fourth-order valence-electron chi connectivity index (χ4n) is 2.62. The summed E-state index contributed by atoms with van der Waals surface area (Å²) in [5.41, 5.74) is 3.02. The van der Waals surface area contributed by atoms with Gasteiger partial charge in [-0.05, 0) is 50.6 Å². The van der Waals surface area contributed by atoms with Crippen molar-refractivity contribution < 1.29 is 23.1 Å². The molecule has 0 aliphatic heterocycles. The first-order chi connectivity index (χ1) is 12.9. The second kappa shape index (κ2) is 9.70. The number of hydrogen-bond donors (Lipinski definition) is 1. The molecule has 146 valence electrons. The lowest BCUT2D eigenvalue weighted by Gasteiger charge is -2.28. The maximum atomic E-state index is 13.4. The molecule has 0 aliphatic carbocycles. The Bertz CT molecular complexity index is 779. The van der Waals surface area contributed by atoms with Crippen LogP contribution in [0.2, 0.25) is 0 Å². The molecule has 2 aromatic rings. The highest BCUT2D eigenvalue weighted by Crippen LogP contribution is 2.60. The third-order valence-corrected chi connectivity index (χ3v) is 6.23. The fraction of sp³-hybridized carbons (Fsp3) is 0.350. The van der Waals surface area contributed by atoms with E-state index in [2.05, 4.69) is 5.32 Å². The average molecular weight is 391 g/mol. The largest absolute Gasteiger partial charge is 0.465 e. The third kappa shape index (κ3) is 5.42. The summed E-state index contributed by atoms with van der Waals surface area (Å²) in [6, 6.07) is 14.5. The standard InChI is InChI=1S/C20H26NO5P/c1-5-25-27(23,26-6-2)19(16-9-7-15(3)8-10-16)21-18-13-11-17(12-14-18)20(22)24-4/h7-14,19,21H,5-6H2,1-4H3.